The van der Waals surface area contributed by atoms with E-state index in [1.165, 1.54) is 64.2 Å². The van der Waals surface area contributed by atoms with E-state index in [0.717, 1.165) is 0 Å². The van der Waals surface area contributed by atoms with Crippen molar-refractivity contribution in [3.05, 3.63) is 24.3 Å². The number of phenols is 1. The Labute approximate surface area is 125 Å². The third kappa shape index (κ3) is 11.9. The van der Waals surface area contributed by atoms with Crippen LogP contribution < -0.4 is 5.73 Å². The van der Waals surface area contributed by atoms with Gasteiger partial charge in [-0.15, -0.1) is 0 Å². The molecule has 0 aliphatic heterocycles. The summed E-state index contributed by atoms with van der Waals surface area (Å²) in [5, 5.41) is 8.79. The third-order valence-corrected chi connectivity index (χ3v) is 3.39. The third-order valence-electron chi connectivity index (χ3n) is 3.39. The molecule has 116 valence electrons. The van der Waals surface area contributed by atoms with E-state index >= 15 is 0 Å². The summed E-state index contributed by atoms with van der Waals surface area (Å²) in [6.07, 6.45) is 14.4. The van der Waals surface area contributed by atoms with Crippen molar-refractivity contribution in [1.29, 1.82) is 0 Å². The van der Waals surface area contributed by atoms with Gasteiger partial charge in [-0.05, 0) is 12.1 Å². The number of nitrogens with two attached hydrogens (primary N) is 1. The lowest BCUT2D eigenvalue weighted by Crippen LogP contribution is -1.82. The molecule has 1 aromatic carbocycles. The predicted octanol–water partition coefficient (Wildman–Crippen LogP) is 5.90. The van der Waals surface area contributed by atoms with E-state index in [9.17, 15) is 0 Å². The SMILES string of the molecule is CCCCCCCCCCCC.Nc1ccccc1O. The number of nitrogen functional groups attached to an aromatic ring is 1. The lowest BCUT2D eigenvalue weighted by atomic mass is 10.1. The molecule has 0 saturated heterocycles. The van der Waals surface area contributed by atoms with Crippen LogP contribution in [0.25, 0.3) is 0 Å². The van der Waals surface area contributed by atoms with Gasteiger partial charge in [0.1, 0.15) is 5.75 Å². The minimum atomic E-state index is 0.146. The van der Waals surface area contributed by atoms with E-state index in [1.54, 1.807) is 24.3 Å². The maximum atomic E-state index is 8.79. The average Bonchev–Trinajstić information content (AvgIpc) is 2.46. The molecule has 0 heterocycles. The number of phenolic OH excluding ortho intramolecular Hbond substituents is 1. The van der Waals surface area contributed by atoms with Crippen LogP contribution in [0, 0.1) is 0 Å². The van der Waals surface area contributed by atoms with Gasteiger partial charge in [0.05, 0.1) is 5.69 Å². The van der Waals surface area contributed by atoms with Gasteiger partial charge < -0.3 is 10.8 Å². The molecule has 2 nitrogen and oxygen atoms in total. The molecule has 0 radical (unpaired) electrons. The van der Waals surface area contributed by atoms with Crippen molar-refractivity contribution >= 4 is 5.69 Å². The second kappa shape index (κ2) is 14.2. The second-order valence-corrected chi connectivity index (χ2v) is 5.39. The maximum absolute atomic E-state index is 8.79. The highest BCUT2D eigenvalue weighted by Gasteiger charge is 1.90. The first-order valence-electron chi connectivity index (χ1n) is 8.25. The Morgan fingerprint density at radius 3 is 1.45 bits per heavy atom. The normalized spacial score (nSPS) is 9.90. The minimum absolute atomic E-state index is 0.146. The number of hydrogen-bond donors (Lipinski definition) is 2. The molecule has 0 aromatic heterocycles. The summed E-state index contributed by atoms with van der Waals surface area (Å²) in [5.41, 5.74) is 5.69. The first-order valence-corrected chi connectivity index (χ1v) is 8.25. The molecule has 0 fully saturated rings. The fourth-order valence-electron chi connectivity index (χ4n) is 2.05. The molecule has 1 aromatic rings. The first-order chi connectivity index (χ1) is 9.72. The Morgan fingerprint density at radius 1 is 0.750 bits per heavy atom. The van der Waals surface area contributed by atoms with Crippen LogP contribution >= 0.6 is 0 Å². The minimum Gasteiger partial charge on any atom is -0.506 e. The molecule has 0 spiro atoms. The summed E-state index contributed by atoms with van der Waals surface area (Å²) in [4.78, 5) is 0. The van der Waals surface area contributed by atoms with Crippen LogP contribution in [0.15, 0.2) is 24.3 Å². The van der Waals surface area contributed by atoms with Crippen LogP contribution in [0.1, 0.15) is 78.1 Å². The summed E-state index contributed by atoms with van der Waals surface area (Å²) in [6.45, 7) is 4.56. The number of anilines is 1. The number of para-hydroxylation sites is 2. The Bertz CT molecular complexity index is 281. The van der Waals surface area contributed by atoms with Crippen molar-refractivity contribution in [2.45, 2.75) is 78.1 Å². The molecular formula is C18H33NO. The molecule has 0 atom stereocenters. The van der Waals surface area contributed by atoms with E-state index in [4.69, 9.17) is 10.8 Å². The molecule has 1 rings (SSSR count). The Balaban J connectivity index is 0.000000388. The van der Waals surface area contributed by atoms with Crippen LogP contribution in [0.5, 0.6) is 5.75 Å². The summed E-state index contributed by atoms with van der Waals surface area (Å²) >= 11 is 0. The summed E-state index contributed by atoms with van der Waals surface area (Å²) in [7, 11) is 0. The van der Waals surface area contributed by atoms with Crippen molar-refractivity contribution in [3.8, 4) is 5.75 Å². The molecular weight excluding hydrogens is 246 g/mol. The van der Waals surface area contributed by atoms with Crippen LogP contribution in [-0.2, 0) is 0 Å². The molecule has 0 amide bonds. The largest absolute Gasteiger partial charge is 0.506 e. The summed E-state index contributed by atoms with van der Waals surface area (Å²) in [6, 6.07) is 6.70. The highest BCUT2D eigenvalue weighted by Crippen LogP contribution is 2.16. The number of benzene rings is 1. The van der Waals surface area contributed by atoms with E-state index in [2.05, 4.69) is 13.8 Å². The van der Waals surface area contributed by atoms with Crippen LogP contribution in [0.3, 0.4) is 0 Å². The van der Waals surface area contributed by atoms with Gasteiger partial charge in [0.25, 0.3) is 0 Å². The number of hydrogen-bond acceptors (Lipinski definition) is 2. The smallest absolute Gasteiger partial charge is 0.138 e. The quantitative estimate of drug-likeness (QED) is 0.336. The Morgan fingerprint density at radius 2 is 1.15 bits per heavy atom. The fourth-order valence-corrected chi connectivity index (χ4v) is 2.05. The Hall–Kier alpha value is -1.18. The summed E-state index contributed by atoms with van der Waals surface area (Å²) < 4.78 is 0. The number of rotatable bonds is 9. The van der Waals surface area contributed by atoms with Crippen molar-refractivity contribution in [2.24, 2.45) is 0 Å². The first kappa shape index (κ1) is 18.8. The van der Waals surface area contributed by atoms with Gasteiger partial charge in [-0.1, -0.05) is 90.2 Å². The van der Waals surface area contributed by atoms with Crippen LogP contribution in [0.4, 0.5) is 5.69 Å². The maximum Gasteiger partial charge on any atom is 0.138 e. The molecule has 0 bridgehead atoms. The zero-order valence-corrected chi connectivity index (χ0v) is 13.4. The lowest BCUT2D eigenvalue weighted by molar-refractivity contribution is 0.478. The van der Waals surface area contributed by atoms with Crippen molar-refractivity contribution < 1.29 is 5.11 Å². The fraction of sp³-hybridized carbons (Fsp3) is 0.667. The van der Waals surface area contributed by atoms with Gasteiger partial charge >= 0.3 is 0 Å². The highest BCUT2D eigenvalue weighted by atomic mass is 16.3. The number of unbranched alkanes of at least 4 members (excludes halogenated alkanes) is 9. The molecule has 3 N–H and O–H groups in total. The topological polar surface area (TPSA) is 46.2 Å². The van der Waals surface area contributed by atoms with Crippen molar-refractivity contribution in [2.75, 3.05) is 5.73 Å². The average molecular weight is 279 g/mol. The van der Waals surface area contributed by atoms with E-state index in [-0.39, 0.29) is 5.75 Å². The van der Waals surface area contributed by atoms with Gasteiger partial charge in [-0.2, -0.15) is 0 Å². The molecule has 0 saturated carbocycles. The van der Waals surface area contributed by atoms with Crippen molar-refractivity contribution in [1.82, 2.24) is 0 Å². The molecule has 20 heavy (non-hydrogen) atoms. The van der Waals surface area contributed by atoms with Crippen LogP contribution in [-0.4, -0.2) is 5.11 Å². The number of aromatic hydroxyl groups is 1. The molecule has 0 aliphatic rings. The summed E-state index contributed by atoms with van der Waals surface area (Å²) in [5.74, 6) is 0.146. The Kier molecular flexibility index (Phi) is 13.4. The van der Waals surface area contributed by atoms with E-state index in [0.29, 0.717) is 5.69 Å². The monoisotopic (exact) mass is 279 g/mol. The second-order valence-electron chi connectivity index (χ2n) is 5.39. The van der Waals surface area contributed by atoms with Gasteiger partial charge in [0.15, 0.2) is 0 Å². The predicted molar refractivity (Wildman–Crippen MR) is 90.0 cm³/mol. The van der Waals surface area contributed by atoms with Crippen molar-refractivity contribution in [3.63, 3.8) is 0 Å². The zero-order chi connectivity index (χ0) is 15.1. The van der Waals surface area contributed by atoms with Crippen LogP contribution in [0.2, 0.25) is 0 Å². The lowest BCUT2D eigenvalue weighted by Gasteiger charge is -1.99. The van der Waals surface area contributed by atoms with Gasteiger partial charge in [0.2, 0.25) is 0 Å². The van der Waals surface area contributed by atoms with Gasteiger partial charge in [-0.25, -0.2) is 0 Å². The van der Waals surface area contributed by atoms with E-state index in [1.807, 2.05) is 0 Å². The zero-order valence-electron chi connectivity index (χ0n) is 13.4. The standard InChI is InChI=1S/C12H26.C6H7NO/c1-3-5-7-9-11-12-10-8-6-4-2;7-5-3-1-2-4-6(5)8/h3-12H2,1-2H3;1-4,8H,7H2. The molecule has 2 heteroatoms. The molecule has 0 unspecified atom stereocenters. The highest BCUT2D eigenvalue weighted by molar-refractivity contribution is 5.50. The van der Waals surface area contributed by atoms with Gasteiger partial charge in [0, 0.05) is 0 Å². The van der Waals surface area contributed by atoms with Gasteiger partial charge in [-0.3, -0.25) is 0 Å². The molecule has 0 aliphatic carbocycles. The van der Waals surface area contributed by atoms with E-state index < -0.39 is 0 Å².